The zero-order valence-corrected chi connectivity index (χ0v) is 14.4. The number of benzene rings is 2. The summed E-state index contributed by atoms with van der Waals surface area (Å²) in [5, 5.41) is 3.55. The summed E-state index contributed by atoms with van der Waals surface area (Å²) in [5.41, 5.74) is 3.75. The van der Waals surface area contributed by atoms with Gasteiger partial charge >= 0.3 is 0 Å². The van der Waals surface area contributed by atoms with E-state index in [4.69, 9.17) is 14.2 Å². The lowest BCUT2D eigenvalue weighted by molar-refractivity contribution is 0.122. The molecule has 1 fully saturated rings. The Balaban J connectivity index is 1.42. The van der Waals surface area contributed by atoms with Crippen molar-refractivity contribution in [2.45, 2.75) is 13.1 Å². The fraction of sp³-hybridized carbons (Fsp3) is 0.400. The highest BCUT2D eigenvalue weighted by atomic mass is 16.6. The van der Waals surface area contributed by atoms with Crippen LogP contribution in [0.25, 0.3) is 0 Å². The fourth-order valence-corrected chi connectivity index (χ4v) is 3.38. The van der Waals surface area contributed by atoms with Gasteiger partial charge in [0.15, 0.2) is 11.5 Å². The molecule has 132 valence electrons. The molecule has 2 aromatic carbocycles. The Kier molecular flexibility index (Phi) is 5.04. The molecule has 0 amide bonds. The van der Waals surface area contributed by atoms with Gasteiger partial charge in [0.05, 0.1) is 13.2 Å². The molecular weight excluding hydrogens is 316 g/mol. The smallest absolute Gasteiger partial charge is 0.165 e. The molecule has 1 N–H and O–H groups in total. The van der Waals surface area contributed by atoms with E-state index in [1.54, 1.807) is 0 Å². The molecule has 0 unspecified atom stereocenters. The molecule has 0 saturated carbocycles. The van der Waals surface area contributed by atoms with Crippen LogP contribution in [0.3, 0.4) is 0 Å². The summed E-state index contributed by atoms with van der Waals surface area (Å²) >= 11 is 0. The molecule has 25 heavy (non-hydrogen) atoms. The van der Waals surface area contributed by atoms with Crippen LogP contribution in [0.15, 0.2) is 42.5 Å². The zero-order chi connectivity index (χ0) is 16.9. The standard InChI is InChI=1S/C20H24N2O3/c1-2-6-18(22-8-10-23-11-9-22)16(4-1)14-21-15-17-5-3-7-19-20(17)25-13-12-24-19/h1-7,21H,8-15H2. The third-order valence-electron chi connectivity index (χ3n) is 4.62. The van der Waals surface area contributed by atoms with Crippen LogP contribution in [0.2, 0.25) is 0 Å². The highest BCUT2D eigenvalue weighted by Gasteiger charge is 2.16. The van der Waals surface area contributed by atoms with Crippen LogP contribution in [0.4, 0.5) is 5.69 Å². The van der Waals surface area contributed by atoms with Gasteiger partial charge in [0.25, 0.3) is 0 Å². The number of ether oxygens (including phenoxy) is 3. The molecular formula is C20H24N2O3. The molecule has 4 rings (SSSR count). The van der Waals surface area contributed by atoms with E-state index in [1.165, 1.54) is 11.3 Å². The van der Waals surface area contributed by atoms with Crippen LogP contribution >= 0.6 is 0 Å². The first kappa shape index (κ1) is 16.2. The first-order valence-electron chi connectivity index (χ1n) is 8.90. The number of nitrogens with one attached hydrogen (secondary N) is 1. The van der Waals surface area contributed by atoms with Crippen LogP contribution < -0.4 is 19.7 Å². The molecule has 5 nitrogen and oxygen atoms in total. The van der Waals surface area contributed by atoms with Crippen molar-refractivity contribution in [3.8, 4) is 11.5 Å². The Morgan fingerprint density at radius 1 is 0.800 bits per heavy atom. The van der Waals surface area contributed by atoms with Gasteiger partial charge in [0.2, 0.25) is 0 Å². The highest BCUT2D eigenvalue weighted by Crippen LogP contribution is 2.33. The number of anilines is 1. The van der Waals surface area contributed by atoms with E-state index >= 15 is 0 Å². The Bertz CT molecular complexity index is 714. The highest BCUT2D eigenvalue weighted by molar-refractivity contribution is 5.54. The maximum Gasteiger partial charge on any atom is 0.165 e. The minimum atomic E-state index is 0.615. The number of hydrogen-bond donors (Lipinski definition) is 1. The lowest BCUT2D eigenvalue weighted by atomic mass is 10.1. The van der Waals surface area contributed by atoms with Crippen LogP contribution in [-0.2, 0) is 17.8 Å². The number of morpholine rings is 1. The molecule has 0 bridgehead atoms. The van der Waals surface area contributed by atoms with Crippen molar-refractivity contribution in [1.82, 2.24) is 5.32 Å². The maximum atomic E-state index is 5.79. The van der Waals surface area contributed by atoms with E-state index in [9.17, 15) is 0 Å². The third kappa shape index (κ3) is 3.72. The van der Waals surface area contributed by atoms with Gasteiger partial charge in [-0.05, 0) is 17.7 Å². The Morgan fingerprint density at radius 2 is 1.56 bits per heavy atom. The Hall–Kier alpha value is -2.24. The van der Waals surface area contributed by atoms with Gasteiger partial charge in [-0.1, -0.05) is 30.3 Å². The molecule has 0 aromatic heterocycles. The normalized spacial score (nSPS) is 16.7. The predicted molar refractivity (Wildman–Crippen MR) is 97.4 cm³/mol. The van der Waals surface area contributed by atoms with Gasteiger partial charge in [0.1, 0.15) is 13.2 Å². The summed E-state index contributed by atoms with van der Waals surface area (Å²) in [6, 6.07) is 14.7. The zero-order valence-electron chi connectivity index (χ0n) is 14.4. The van der Waals surface area contributed by atoms with E-state index in [2.05, 4.69) is 40.5 Å². The molecule has 2 aliphatic rings. The largest absolute Gasteiger partial charge is 0.486 e. The monoisotopic (exact) mass is 340 g/mol. The summed E-state index contributed by atoms with van der Waals surface area (Å²) in [7, 11) is 0. The summed E-state index contributed by atoms with van der Waals surface area (Å²) in [5.74, 6) is 1.72. The van der Waals surface area contributed by atoms with Crippen molar-refractivity contribution in [3.63, 3.8) is 0 Å². The first-order valence-corrected chi connectivity index (χ1v) is 8.90. The number of para-hydroxylation sites is 2. The second kappa shape index (κ2) is 7.76. The van der Waals surface area contributed by atoms with Gasteiger partial charge in [-0.2, -0.15) is 0 Å². The van der Waals surface area contributed by atoms with E-state index < -0.39 is 0 Å². The van der Waals surface area contributed by atoms with Crippen LogP contribution in [0, 0.1) is 0 Å². The summed E-state index contributed by atoms with van der Waals surface area (Å²) in [4.78, 5) is 2.40. The molecule has 1 saturated heterocycles. The fourth-order valence-electron chi connectivity index (χ4n) is 3.38. The molecule has 0 atom stereocenters. The van der Waals surface area contributed by atoms with Gasteiger partial charge in [0, 0.05) is 37.4 Å². The molecule has 0 spiro atoms. The van der Waals surface area contributed by atoms with Crippen molar-refractivity contribution >= 4 is 5.69 Å². The molecule has 2 aliphatic heterocycles. The predicted octanol–water partition coefficient (Wildman–Crippen LogP) is 2.58. The van der Waals surface area contributed by atoms with E-state index in [0.717, 1.165) is 56.5 Å². The van der Waals surface area contributed by atoms with E-state index in [-0.39, 0.29) is 0 Å². The number of nitrogens with zero attached hydrogens (tertiary/aromatic N) is 1. The lowest BCUT2D eigenvalue weighted by Crippen LogP contribution is -2.37. The SMILES string of the molecule is c1ccc(N2CCOCC2)c(CNCc2cccc3c2OCCO3)c1. The molecule has 0 aliphatic carbocycles. The van der Waals surface area contributed by atoms with E-state index in [1.807, 2.05) is 12.1 Å². The van der Waals surface area contributed by atoms with Crippen molar-refractivity contribution < 1.29 is 14.2 Å². The second-order valence-corrected chi connectivity index (χ2v) is 6.27. The van der Waals surface area contributed by atoms with Gasteiger partial charge in [-0.15, -0.1) is 0 Å². The van der Waals surface area contributed by atoms with Crippen LogP contribution in [0.1, 0.15) is 11.1 Å². The minimum absolute atomic E-state index is 0.615. The van der Waals surface area contributed by atoms with Crippen molar-refractivity contribution in [2.75, 3.05) is 44.4 Å². The topological polar surface area (TPSA) is 43.0 Å². The average molecular weight is 340 g/mol. The molecule has 2 aromatic rings. The molecule has 0 radical (unpaired) electrons. The summed E-state index contributed by atoms with van der Waals surface area (Å²) in [6.45, 7) is 6.32. The minimum Gasteiger partial charge on any atom is -0.486 e. The van der Waals surface area contributed by atoms with Crippen molar-refractivity contribution in [2.24, 2.45) is 0 Å². The van der Waals surface area contributed by atoms with Crippen LogP contribution in [-0.4, -0.2) is 39.5 Å². The number of rotatable bonds is 5. The van der Waals surface area contributed by atoms with Crippen LogP contribution in [0.5, 0.6) is 11.5 Å². The van der Waals surface area contributed by atoms with Gasteiger partial charge < -0.3 is 24.4 Å². The van der Waals surface area contributed by atoms with Gasteiger partial charge in [-0.3, -0.25) is 0 Å². The second-order valence-electron chi connectivity index (χ2n) is 6.27. The maximum absolute atomic E-state index is 5.79. The Morgan fingerprint density at radius 3 is 2.48 bits per heavy atom. The number of hydrogen-bond acceptors (Lipinski definition) is 5. The third-order valence-corrected chi connectivity index (χ3v) is 4.62. The molecule has 2 heterocycles. The first-order chi connectivity index (χ1) is 12.4. The molecule has 5 heteroatoms. The van der Waals surface area contributed by atoms with E-state index in [0.29, 0.717) is 13.2 Å². The van der Waals surface area contributed by atoms with Gasteiger partial charge in [-0.25, -0.2) is 0 Å². The average Bonchev–Trinajstić information content (AvgIpc) is 2.69. The Labute approximate surface area is 148 Å². The van der Waals surface area contributed by atoms with Crippen molar-refractivity contribution in [3.05, 3.63) is 53.6 Å². The quantitative estimate of drug-likeness (QED) is 0.906. The lowest BCUT2D eigenvalue weighted by Gasteiger charge is -2.30. The summed E-state index contributed by atoms with van der Waals surface area (Å²) < 4.78 is 16.9. The summed E-state index contributed by atoms with van der Waals surface area (Å²) in [6.07, 6.45) is 0. The van der Waals surface area contributed by atoms with Crippen molar-refractivity contribution in [1.29, 1.82) is 0 Å². The number of fused-ring (bicyclic) bond motifs is 1.